The fourth-order valence-electron chi connectivity index (χ4n) is 1.35. The van der Waals surface area contributed by atoms with E-state index in [9.17, 15) is 0 Å². The van der Waals surface area contributed by atoms with Crippen LogP contribution in [-0.4, -0.2) is 6.54 Å². The van der Waals surface area contributed by atoms with Gasteiger partial charge in [0.15, 0.2) is 0 Å². The lowest BCUT2D eigenvalue weighted by molar-refractivity contribution is 0.390. The van der Waals surface area contributed by atoms with E-state index >= 15 is 0 Å². The topological polar surface area (TPSA) is 12.0 Å². The molecule has 0 saturated carbocycles. The van der Waals surface area contributed by atoms with Gasteiger partial charge in [0.1, 0.15) is 0 Å². The molecule has 90 valence electrons. The summed E-state index contributed by atoms with van der Waals surface area (Å²) in [6.07, 6.45) is 1.13. The maximum atomic E-state index is 6.09. The lowest BCUT2D eigenvalue weighted by Gasteiger charge is -2.19. The largest absolute Gasteiger partial charge is 0.384 e. The first-order valence-electron chi connectivity index (χ1n) is 5.49. The van der Waals surface area contributed by atoms with Crippen molar-refractivity contribution in [2.24, 2.45) is 5.41 Å². The predicted octanol–water partition coefficient (Wildman–Crippen LogP) is 5.26. The molecule has 0 amide bonds. The van der Waals surface area contributed by atoms with Gasteiger partial charge in [-0.05, 0) is 52.4 Å². The van der Waals surface area contributed by atoms with Crippen molar-refractivity contribution in [1.29, 1.82) is 0 Å². The van der Waals surface area contributed by atoms with E-state index < -0.39 is 0 Å². The molecule has 0 unspecified atom stereocenters. The maximum absolute atomic E-state index is 6.09. The monoisotopic (exact) mass is 303 g/mol. The van der Waals surface area contributed by atoms with Gasteiger partial charge in [0.05, 0.1) is 0 Å². The lowest BCUT2D eigenvalue weighted by Crippen LogP contribution is -2.13. The van der Waals surface area contributed by atoms with E-state index in [2.05, 4.69) is 42.0 Å². The van der Waals surface area contributed by atoms with E-state index in [1.165, 1.54) is 0 Å². The summed E-state index contributed by atoms with van der Waals surface area (Å²) >= 11 is 9.63. The van der Waals surface area contributed by atoms with E-state index in [0.29, 0.717) is 5.41 Å². The van der Waals surface area contributed by atoms with Crippen LogP contribution >= 0.6 is 27.5 Å². The van der Waals surface area contributed by atoms with Crippen molar-refractivity contribution in [1.82, 2.24) is 0 Å². The standard InChI is InChI=1S/C13H19BrClN/c1-9-7-10(14)12(8-11(9)15)16-6-5-13(2,3)4/h7-8,16H,5-6H2,1-4H3. The molecule has 3 heteroatoms. The van der Waals surface area contributed by atoms with Crippen molar-refractivity contribution in [3.63, 3.8) is 0 Å². The molecule has 0 atom stereocenters. The molecular weight excluding hydrogens is 286 g/mol. The summed E-state index contributed by atoms with van der Waals surface area (Å²) in [5.74, 6) is 0. The molecule has 1 nitrogen and oxygen atoms in total. The summed E-state index contributed by atoms with van der Waals surface area (Å²) in [5.41, 5.74) is 2.52. The van der Waals surface area contributed by atoms with Gasteiger partial charge in [0, 0.05) is 21.7 Å². The Morgan fingerprint density at radius 2 is 1.94 bits per heavy atom. The number of hydrogen-bond acceptors (Lipinski definition) is 1. The number of halogens is 2. The van der Waals surface area contributed by atoms with Gasteiger partial charge in [-0.1, -0.05) is 32.4 Å². The Hall–Kier alpha value is -0.210. The van der Waals surface area contributed by atoms with Gasteiger partial charge in [0.2, 0.25) is 0 Å². The molecule has 0 radical (unpaired) electrons. The van der Waals surface area contributed by atoms with Crippen LogP contribution in [0.3, 0.4) is 0 Å². The van der Waals surface area contributed by atoms with Gasteiger partial charge >= 0.3 is 0 Å². The van der Waals surface area contributed by atoms with Crippen molar-refractivity contribution in [3.8, 4) is 0 Å². The summed E-state index contributed by atoms with van der Waals surface area (Å²) in [5, 5.41) is 4.21. The molecule has 0 aliphatic carbocycles. The highest BCUT2D eigenvalue weighted by Gasteiger charge is 2.10. The number of nitrogens with one attached hydrogen (secondary N) is 1. The second-order valence-corrected chi connectivity index (χ2v) is 6.58. The van der Waals surface area contributed by atoms with Crippen molar-refractivity contribution in [3.05, 3.63) is 27.2 Å². The normalized spacial score (nSPS) is 11.6. The minimum absolute atomic E-state index is 0.355. The average molecular weight is 305 g/mol. The van der Waals surface area contributed by atoms with Crippen LogP contribution in [0.1, 0.15) is 32.8 Å². The Morgan fingerprint density at radius 3 is 2.50 bits per heavy atom. The smallest absolute Gasteiger partial charge is 0.0499 e. The zero-order valence-electron chi connectivity index (χ0n) is 10.3. The van der Waals surface area contributed by atoms with Crippen LogP contribution in [0.4, 0.5) is 5.69 Å². The summed E-state index contributed by atoms with van der Waals surface area (Å²) in [6.45, 7) is 9.69. The van der Waals surface area contributed by atoms with Gasteiger partial charge < -0.3 is 5.32 Å². The molecule has 0 saturated heterocycles. The molecule has 0 fully saturated rings. The van der Waals surface area contributed by atoms with Crippen LogP contribution in [0.25, 0.3) is 0 Å². The molecule has 1 aromatic carbocycles. The second-order valence-electron chi connectivity index (χ2n) is 5.32. The number of benzene rings is 1. The van der Waals surface area contributed by atoms with E-state index in [-0.39, 0.29) is 0 Å². The summed E-state index contributed by atoms with van der Waals surface area (Å²) in [4.78, 5) is 0. The van der Waals surface area contributed by atoms with Crippen LogP contribution < -0.4 is 5.32 Å². The first kappa shape index (κ1) is 13.9. The number of anilines is 1. The van der Waals surface area contributed by atoms with Crippen LogP contribution in [0, 0.1) is 12.3 Å². The van der Waals surface area contributed by atoms with Crippen molar-refractivity contribution >= 4 is 33.2 Å². The summed E-state index contributed by atoms with van der Waals surface area (Å²) in [7, 11) is 0. The molecule has 0 aliphatic heterocycles. The Kier molecular flexibility index (Phi) is 4.69. The van der Waals surface area contributed by atoms with Crippen molar-refractivity contribution in [2.45, 2.75) is 34.1 Å². The fraction of sp³-hybridized carbons (Fsp3) is 0.538. The molecule has 1 aromatic rings. The van der Waals surface area contributed by atoms with Gasteiger partial charge in [-0.15, -0.1) is 0 Å². The van der Waals surface area contributed by atoms with Crippen LogP contribution in [-0.2, 0) is 0 Å². The van der Waals surface area contributed by atoms with Crippen LogP contribution in [0.5, 0.6) is 0 Å². The minimum Gasteiger partial charge on any atom is -0.384 e. The first-order chi connectivity index (χ1) is 7.29. The Labute approximate surface area is 112 Å². The zero-order chi connectivity index (χ0) is 12.3. The molecular formula is C13H19BrClN. The quantitative estimate of drug-likeness (QED) is 0.803. The third kappa shape index (κ3) is 4.34. The molecule has 0 bridgehead atoms. The lowest BCUT2D eigenvalue weighted by atomic mass is 9.92. The van der Waals surface area contributed by atoms with Gasteiger partial charge in [-0.25, -0.2) is 0 Å². The van der Waals surface area contributed by atoms with E-state index in [1.807, 2.05) is 19.1 Å². The highest BCUT2D eigenvalue weighted by atomic mass is 79.9. The third-order valence-electron chi connectivity index (χ3n) is 2.44. The van der Waals surface area contributed by atoms with E-state index in [0.717, 1.165) is 33.7 Å². The zero-order valence-corrected chi connectivity index (χ0v) is 12.7. The van der Waals surface area contributed by atoms with Crippen molar-refractivity contribution in [2.75, 3.05) is 11.9 Å². The fourth-order valence-corrected chi connectivity index (χ4v) is 2.12. The van der Waals surface area contributed by atoms with Gasteiger partial charge in [0.25, 0.3) is 0 Å². The predicted molar refractivity (Wildman–Crippen MR) is 76.5 cm³/mol. The Morgan fingerprint density at radius 1 is 1.31 bits per heavy atom. The van der Waals surface area contributed by atoms with Crippen LogP contribution in [0.15, 0.2) is 16.6 Å². The third-order valence-corrected chi connectivity index (χ3v) is 3.50. The Balaban J connectivity index is 2.64. The Bertz CT molecular complexity index is 369. The number of aryl methyl sites for hydroxylation is 1. The highest BCUT2D eigenvalue weighted by molar-refractivity contribution is 9.10. The molecule has 1 N–H and O–H groups in total. The second kappa shape index (κ2) is 5.42. The molecule has 0 aliphatic rings. The molecule has 0 aromatic heterocycles. The summed E-state index contributed by atoms with van der Waals surface area (Å²) < 4.78 is 1.07. The summed E-state index contributed by atoms with van der Waals surface area (Å²) in [6, 6.07) is 4.02. The minimum atomic E-state index is 0.355. The van der Waals surface area contributed by atoms with Crippen molar-refractivity contribution < 1.29 is 0 Å². The number of hydrogen-bond donors (Lipinski definition) is 1. The first-order valence-corrected chi connectivity index (χ1v) is 6.66. The van der Waals surface area contributed by atoms with E-state index in [1.54, 1.807) is 0 Å². The molecule has 1 rings (SSSR count). The van der Waals surface area contributed by atoms with Gasteiger partial charge in [-0.3, -0.25) is 0 Å². The van der Waals surface area contributed by atoms with Gasteiger partial charge in [-0.2, -0.15) is 0 Å². The van der Waals surface area contributed by atoms with Crippen LogP contribution in [0.2, 0.25) is 5.02 Å². The van der Waals surface area contributed by atoms with E-state index in [4.69, 9.17) is 11.6 Å². The number of rotatable bonds is 3. The highest BCUT2D eigenvalue weighted by Crippen LogP contribution is 2.29. The maximum Gasteiger partial charge on any atom is 0.0499 e. The average Bonchev–Trinajstić information content (AvgIpc) is 2.11. The molecule has 16 heavy (non-hydrogen) atoms. The molecule has 0 spiro atoms. The molecule has 0 heterocycles. The SMILES string of the molecule is Cc1cc(Br)c(NCCC(C)(C)C)cc1Cl.